The predicted octanol–water partition coefficient (Wildman–Crippen LogP) is 4.16. The zero-order valence-electron chi connectivity index (χ0n) is 11.3. The Hall–Kier alpha value is -2.18. The van der Waals surface area contributed by atoms with Gasteiger partial charge < -0.3 is 5.32 Å². The van der Waals surface area contributed by atoms with E-state index in [1.165, 1.54) is 0 Å². The second-order valence-corrected chi connectivity index (χ2v) is 5.71. The maximum atomic E-state index is 6.08. The van der Waals surface area contributed by atoms with Crippen molar-refractivity contribution in [1.29, 1.82) is 0 Å². The Labute approximate surface area is 140 Å². The van der Waals surface area contributed by atoms with Crippen LogP contribution in [-0.2, 0) is 0 Å². The van der Waals surface area contributed by atoms with Gasteiger partial charge >= 0.3 is 0 Å². The fraction of sp³-hybridized carbons (Fsp3) is 0. The molecule has 0 radical (unpaired) electrons. The molecule has 3 rings (SSSR count). The summed E-state index contributed by atoms with van der Waals surface area (Å²) in [6.45, 7) is 0. The third-order valence-electron chi connectivity index (χ3n) is 2.91. The molecule has 1 aromatic heterocycles. The van der Waals surface area contributed by atoms with Gasteiger partial charge in [0.2, 0.25) is 0 Å². The first kappa shape index (κ1) is 14.7. The molecule has 110 valence electrons. The zero-order valence-corrected chi connectivity index (χ0v) is 13.7. The van der Waals surface area contributed by atoms with Crippen LogP contribution in [0.4, 0.5) is 5.69 Å². The Balaban J connectivity index is 1.79. The second-order valence-electron chi connectivity index (χ2n) is 4.38. The van der Waals surface area contributed by atoms with Crippen molar-refractivity contribution in [3.8, 4) is 5.69 Å². The Morgan fingerprint density at radius 2 is 1.86 bits per heavy atom. The minimum absolute atomic E-state index is 0.613. The van der Waals surface area contributed by atoms with Crippen molar-refractivity contribution < 1.29 is 0 Å². The van der Waals surface area contributed by atoms with Gasteiger partial charge in [0.05, 0.1) is 16.4 Å². The number of nitrogens with zero attached hydrogens (tertiary/aromatic N) is 4. The number of tetrazole rings is 1. The van der Waals surface area contributed by atoms with Gasteiger partial charge in [-0.15, -0.1) is 5.10 Å². The lowest BCUT2D eigenvalue weighted by Gasteiger charge is -2.03. The van der Waals surface area contributed by atoms with E-state index >= 15 is 0 Å². The van der Waals surface area contributed by atoms with Crippen LogP contribution in [0.3, 0.4) is 0 Å². The lowest BCUT2D eigenvalue weighted by molar-refractivity contribution is 0.786. The topological polar surface area (TPSA) is 55.6 Å². The maximum absolute atomic E-state index is 6.08. The van der Waals surface area contributed by atoms with Crippen LogP contribution in [0.2, 0.25) is 5.02 Å². The van der Waals surface area contributed by atoms with Crippen LogP contribution in [0.5, 0.6) is 0 Å². The monoisotopic (exact) mass is 375 g/mol. The average molecular weight is 377 g/mol. The molecule has 2 aromatic carbocycles. The van der Waals surface area contributed by atoms with Gasteiger partial charge in [-0.3, -0.25) is 0 Å². The summed E-state index contributed by atoms with van der Waals surface area (Å²) in [6, 6.07) is 15.2. The van der Waals surface area contributed by atoms with Gasteiger partial charge in [0.15, 0.2) is 5.82 Å². The summed E-state index contributed by atoms with van der Waals surface area (Å²) in [5, 5.41) is 15.5. The molecular weight excluding hydrogens is 366 g/mol. The molecule has 0 aliphatic heterocycles. The van der Waals surface area contributed by atoms with Crippen LogP contribution in [0.1, 0.15) is 5.82 Å². The van der Waals surface area contributed by atoms with Gasteiger partial charge in [0, 0.05) is 16.7 Å². The minimum atomic E-state index is 0.613. The Morgan fingerprint density at radius 3 is 2.64 bits per heavy atom. The van der Waals surface area contributed by atoms with E-state index in [1.54, 1.807) is 17.0 Å². The van der Waals surface area contributed by atoms with Gasteiger partial charge in [-0.2, -0.15) is 4.68 Å². The third kappa shape index (κ3) is 3.35. The first-order valence-corrected chi connectivity index (χ1v) is 7.63. The van der Waals surface area contributed by atoms with E-state index in [9.17, 15) is 0 Å². The molecule has 3 aromatic rings. The summed E-state index contributed by atoms with van der Waals surface area (Å²) < 4.78 is 2.65. The number of aromatic nitrogens is 4. The fourth-order valence-electron chi connectivity index (χ4n) is 1.85. The van der Waals surface area contributed by atoms with Crippen molar-refractivity contribution in [2.24, 2.45) is 0 Å². The zero-order chi connectivity index (χ0) is 15.4. The smallest absolute Gasteiger partial charge is 0.181 e. The summed E-state index contributed by atoms with van der Waals surface area (Å²) >= 11 is 9.48. The number of benzene rings is 2. The largest absolute Gasteiger partial charge is 0.360 e. The number of nitrogens with one attached hydrogen (secondary N) is 1. The van der Waals surface area contributed by atoms with Crippen molar-refractivity contribution in [2.45, 2.75) is 0 Å². The molecule has 0 aliphatic rings. The summed E-state index contributed by atoms with van der Waals surface area (Å²) in [7, 11) is 0. The Bertz CT molecular complexity index is 798. The Kier molecular flexibility index (Phi) is 4.50. The highest BCUT2D eigenvalue weighted by Gasteiger charge is 2.05. The average Bonchev–Trinajstić information content (AvgIpc) is 2.98. The number of para-hydroxylation sites is 1. The van der Waals surface area contributed by atoms with Gasteiger partial charge in [0.1, 0.15) is 0 Å². The summed E-state index contributed by atoms with van der Waals surface area (Å²) in [5.74, 6) is 0.613. The molecule has 0 saturated heterocycles. The molecule has 0 aliphatic carbocycles. The van der Waals surface area contributed by atoms with Crippen LogP contribution in [0.25, 0.3) is 11.8 Å². The fourth-order valence-corrected chi connectivity index (χ4v) is 2.30. The maximum Gasteiger partial charge on any atom is 0.181 e. The molecule has 0 fully saturated rings. The Morgan fingerprint density at radius 1 is 1.09 bits per heavy atom. The van der Waals surface area contributed by atoms with E-state index in [0.717, 1.165) is 15.8 Å². The number of hydrogen-bond donors (Lipinski definition) is 1. The van der Waals surface area contributed by atoms with E-state index in [4.69, 9.17) is 11.6 Å². The number of rotatable bonds is 4. The van der Waals surface area contributed by atoms with Crippen LogP contribution >= 0.6 is 27.5 Å². The highest BCUT2D eigenvalue weighted by Crippen LogP contribution is 2.20. The van der Waals surface area contributed by atoms with E-state index in [1.807, 2.05) is 48.5 Å². The lowest BCUT2D eigenvalue weighted by Crippen LogP contribution is -1.99. The number of halogens is 2. The van der Waals surface area contributed by atoms with Crippen LogP contribution in [-0.4, -0.2) is 20.2 Å². The second kappa shape index (κ2) is 6.72. The van der Waals surface area contributed by atoms with Crippen LogP contribution in [0, 0.1) is 0 Å². The molecule has 0 saturated carbocycles. The van der Waals surface area contributed by atoms with Crippen molar-refractivity contribution in [3.63, 3.8) is 0 Å². The molecule has 22 heavy (non-hydrogen) atoms. The molecule has 0 bridgehead atoms. The van der Waals surface area contributed by atoms with Gasteiger partial charge in [-0.05, 0) is 46.8 Å². The SMILES string of the molecule is Clc1ccccc1NC=Cc1nnnn1-c1ccc(Br)cc1. The highest BCUT2D eigenvalue weighted by atomic mass is 79.9. The molecule has 0 spiro atoms. The quantitative estimate of drug-likeness (QED) is 0.743. The van der Waals surface area contributed by atoms with Gasteiger partial charge in [-0.25, -0.2) is 0 Å². The molecule has 0 amide bonds. The summed E-state index contributed by atoms with van der Waals surface area (Å²) in [5.41, 5.74) is 1.70. The highest BCUT2D eigenvalue weighted by molar-refractivity contribution is 9.10. The van der Waals surface area contributed by atoms with E-state index in [0.29, 0.717) is 10.8 Å². The summed E-state index contributed by atoms with van der Waals surface area (Å²) in [6.07, 6.45) is 3.54. The molecule has 1 heterocycles. The third-order valence-corrected chi connectivity index (χ3v) is 3.77. The number of hydrogen-bond acceptors (Lipinski definition) is 4. The standard InChI is InChI=1S/C15H11BrClN5/c16-11-5-7-12(8-6-11)22-15(19-20-21-22)9-10-18-14-4-2-1-3-13(14)17/h1-10,18H. The molecule has 7 heteroatoms. The first-order chi connectivity index (χ1) is 10.7. The predicted molar refractivity (Wildman–Crippen MR) is 91.0 cm³/mol. The molecule has 0 atom stereocenters. The van der Waals surface area contributed by atoms with Crippen molar-refractivity contribution in [2.75, 3.05) is 5.32 Å². The van der Waals surface area contributed by atoms with E-state index < -0.39 is 0 Å². The van der Waals surface area contributed by atoms with Crippen molar-refractivity contribution in [1.82, 2.24) is 20.2 Å². The normalized spacial score (nSPS) is 11.0. The molecule has 5 nitrogen and oxygen atoms in total. The van der Waals surface area contributed by atoms with Gasteiger partial charge in [-0.1, -0.05) is 39.7 Å². The molecule has 1 N–H and O–H groups in total. The van der Waals surface area contributed by atoms with E-state index in [-0.39, 0.29) is 0 Å². The minimum Gasteiger partial charge on any atom is -0.360 e. The van der Waals surface area contributed by atoms with Gasteiger partial charge in [0.25, 0.3) is 0 Å². The molecular formula is C15H11BrClN5. The van der Waals surface area contributed by atoms with E-state index in [2.05, 4.69) is 36.8 Å². The van der Waals surface area contributed by atoms with Crippen molar-refractivity contribution in [3.05, 3.63) is 70.1 Å². The molecule has 0 unspecified atom stereocenters. The summed E-state index contributed by atoms with van der Waals surface area (Å²) in [4.78, 5) is 0. The number of anilines is 1. The van der Waals surface area contributed by atoms with Crippen LogP contribution in [0.15, 0.2) is 59.2 Å². The van der Waals surface area contributed by atoms with Crippen molar-refractivity contribution >= 4 is 39.3 Å². The van der Waals surface area contributed by atoms with Crippen LogP contribution < -0.4 is 5.32 Å². The first-order valence-electron chi connectivity index (χ1n) is 6.46. The lowest BCUT2D eigenvalue weighted by atomic mass is 10.3.